The molecular formula is C27H42NO8P. The van der Waals surface area contributed by atoms with E-state index in [1.165, 1.54) is 0 Å². The summed E-state index contributed by atoms with van der Waals surface area (Å²) in [5.74, 6) is -0.295. The van der Waals surface area contributed by atoms with E-state index in [0.717, 1.165) is 27.8 Å². The fraction of sp³-hybridized carbons (Fsp3) is 0.630. The van der Waals surface area contributed by atoms with Gasteiger partial charge in [-0.25, -0.2) is 9.59 Å². The normalized spacial score (nSPS) is 13.9. The number of benzene rings is 1. The van der Waals surface area contributed by atoms with Crippen molar-refractivity contribution in [1.82, 2.24) is 5.32 Å². The molecule has 1 heterocycles. The lowest BCUT2D eigenvalue weighted by Gasteiger charge is -2.22. The lowest BCUT2D eigenvalue weighted by Crippen LogP contribution is -2.27. The summed E-state index contributed by atoms with van der Waals surface area (Å²) >= 11 is 0. The first-order valence-corrected chi connectivity index (χ1v) is 14.6. The molecule has 0 aromatic heterocycles. The van der Waals surface area contributed by atoms with Crippen LogP contribution < -0.4 is 10.1 Å². The zero-order valence-electron chi connectivity index (χ0n) is 23.4. The number of rotatable bonds is 13. The van der Waals surface area contributed by atoms with Crippen LogP contribution in [0.1, 0.15) is 81.1 Å². The van der Waals surface area contributed by atoms with E-state index in [-0.39, 0.29) is 18.5 Å². The molecule has 0 spiro atoms. The van der Waals surface area contributed by atoms with E-state index in [9.17, 15) is 14.2 Å². The van der Waals surface area contributed by atoms with Crippen LogP contribution in [0.3, 0.4) is 0 Å². The van der Waals surface area contributed by atoms with Crippen LogP contribution in [0.4, 0.5) is 4.79 Å². The van der Waals surface area contributed by atoms with E-state index < -0.39 is 25.3 Å². The first-order valence-electron chi connectivity index (χ1n) is 12.8. The number of hydrogen-bond donors (Lipinski definition) is 1. The van der Waals surface area contributed by atoms with E-state index in [1.807, 2.05) is 26.8 Å². The molecule has 0 amide bonds. The van der Waals surface area contributed by atoms with Crippen LogP contribution in [0.5, 0.6) is 5.75 Å². The van der Waals surface area contributed by atoms with Crippen LogP contribution in [0.15, 0.2) is 11.6 Å². The fourth-order valence-corrected chi connectivity index (χ4v) is 5.75. The molecule has 0 radical (unpaired) electrons. The van der Waals surface area contributed by atoms with Crippen molar-refractivity contribution in [3.63, 3.8) is 0 Å². The molecule has 2 rings (SSSR count). The van der Waals surface area contributed by atoms with Crippen molar-refractivity contribution in [3.8, 4) is 5.75 Å². The van der Waals surface area contributed by atoms with E-state index >= 15 is 0 Å². The Balaban J connectivity index is 2.25. The molecule has 9 nitrogen and oxygen atoms in total. The van der Waals surface area contributed by atoms with Crippen LogP contribution in [-0.2, 0) is 42.5 Å². The van der Waals surface area contributed by atoms with Crippen molar-refractivity contribution >= 4 is 19.7 Å². The number of allylic oxidation sites excluding steroid dienone is 1. The SMILES string of the molecule is CCOP(=O)(CCNC/C(C)=C/Cc1c(CC)c(C)c2c(c1OC(=O)OC(C)(C)C)C(=O)OC2)OCC. The number of hydrogen-bond acceptors (Lipinski definition) is 9. The highest BCUT2D eigenvalue weighted by Gasteiger charge is 2.34. The molecule has 0 saturated heterocycles. The minimum atomic E-state index is -3.09. The molecule has 0 aliphatic carbocycles. The molecule has 0 saturated carbocycles. The average molecular weight is 540 g/mol. The Labute approximate surface area is 220 Å². The van der Waals surface area contributed by atoms with Gasteiger partial charge >= 0.3 is 19.7 Å². The molecule has 0 atom stereocenters. The number of esters is 1. The number of carbonyl (C=O) groups excluding carboxylic acids is 2. The second-order valence-corrected chi connectivity index (χ2v) is 12.0. The summed E-state index contributed by atoms with van der Waals surface area (Å²) in [7, 11) is -3.09. The second kappa shape index (κ2) is 13.6. The monoisotopic (exact) mass is 539 g/mol. The zero-order chi connectivity index (χ0) is 27.8. The summed E-state index contributed by atoms with van der Waals surface area (Å²) in [5.41, 5.74) is 4.09. The highest BCUT2D eigenvalue weighted by atomic mass is 31.2. The van der Waals surface area contributed by atoms with Crippen LogP contribution in [0.2, 0.25) is 0 Å². The third-order valence-corrected chi connectivity index (χ3v) is 7.90. The highest BCUT2D eigenvalue weighted by Crippen LogP contribution is 2.47. The number of nitrogens with one attached hydrogen (secondary N) is 1. The predicted molar refractivity (Wildman–Crippen MR) is 143 cm³/mol. The Morgan fingerprint density at radius 1 is 1.14 bits per heavy atom. The van der Waals surface area contributed by atoms with Crippen molar-refractivity contribution in [1.29, 1.82) is 0 Å². The lowest BCUT2D eigenvalue weighted by atomic mass is 9.89. The first-order chi connectivity index (χ1) is 17.4. The van der Waals surface area contributed by atoms with Crippen molar-refractivity contribution in [2.75, 3.05) is 32.5 Å². The van der Waals surface area contributed by atoms with E-state index in [0.29, 0.717) is 44.7 Å². The summed E-state index contributed by atoms with van der Waals surface area (Å²) in [6.45, 7) is 16.7. The number of carbonyl (C=O) groups is 2. The van der Waals surface area contributed by atoms with Gasteiger partial charge in [0.15, 0.2) is 5.75 Å². The maximum atomic E-state index is 12.6. The van der Waals surface area contributed by atoms with Gasteiger partial charge in [-0.1, -0.05) is 18.6 Å². The maximum absolute atomic E-state index is 12.6. The minimum Gasteiger partial charge on any atom is -0.457 e. The van der Waals surface area contributed by atoms with Crippen molar-refractivity contribution in [2.24, 2.45) is 0 Å². The fourth-order valence-electron chi connectivity index (χ4n) is 4.20. The summed E-state index contributed by atoms with van der Waals surface area (Å²) in [6, 6.07) is 0. The molecule has 0 unspecified atom stereocenters. The van der Waals surface area contributed by atoms with Gasteiger partial charge in [0, 0.05) is 24.2 Å². The third kappa shape index (κ3) is 8.67. The van der Waals surface area contributed by atoms with E-state index in [1.54, 1.807) is 34.6 Å². The van der Waals surface area contributed by atoms with Gasteiger partial charge in [0.25, 0.3) is 0 Å². The topological polar surface area (TPSA) is 109 Å². The molecule has 1 aliphatic rings. The van der Waals surface area contributed by atoms with Gasteiger partial charge in [-0.2, -0.15) is 0 Å². The van der Waals surface area contributed by atoms with Gasteiger partial charge in [-0.3, -0.25) is 4.57 Å². The molecule has 1 aliphatic heterocycles. The second-order valence-electron chi connectivity index (χ2n) is 9.86. The number of ether oxygens (including phenoxy) is 3. The minimum absolute atomic E-state index is 0.157. The Hall–Kier alpha value is -2.19. The van der Waals surface area contributed by atoms with Gasteiger partial charge in [-0.15, -0.1) is 0 Å². The highest BCUT2D eigenvalue weighted by molar-refractivity contribution is 7.53. The molecule has 0 bridgehead atoms. The van der Waals surface area contributed by atoms with Gasteiger partial charge in [0.1, 0.15) is 17.8 Å². The van der Waals surface area contributed by atoms with Crippen LogP contribution >= 0.6 is 7.60 Å². The Bertz CT molecular complexity index is 1050. The van der Waals surface area contributed by atoms with Gasteiger partial charge in [-0.05, 0) is 72.4 Å². The molecule has 208 valence electrons. The van der Waals surface area contributed by atoms with E-state index in [2.05, 4.69) is 5.32 Å². The van der Waals surface area contributed by atoms with Gasteiger partial charge in [0.2, 0.25) is 0 Å². The molecular weight excluding hydrogens is 497 g/mol. The Kier molecular flexibility index (Phi) is 11.4. The smallest absolute Gasteiger partial charge is 0.457 e. The van der Waals surface area contributed by atoms with Crippen molar-refractivity contribution in [3.05, 3.63) is 39.5 Å². The summed E-state index contributed by atoms with van der Waals surface area (Å²) < 4.78 is 39.6. The van der Waals surface area contributed by atoms with Gasteiger partial charge < -0.3 is 28.6 Å². The van der Waals surface area contributed by atoms with Crippen LogP contribution in [-0.4, -0.2) is 50.2 Å². The molecule has 1 aromatic carbocycles. The number of fused-ring (bicyclic) bond motifs is 1. The third-order valence-electron chi connectivity index (χ3n) is 5.83. The molecule has 10 heteroatoms. The Morgan fingerprint density at radius 3 is 2.35 bits per heavy atom. The van der Waals surface area contributed by atoms with Crippen molar-refractivity contribution in [2.45, 2.75) is 80.4 Å². The van der Waals surface area contributed by atoms with Crippen molar-refractivity contribution < 1.29 is 37.4 Å². The Morgan fingerprint density at radius 2 is 1.78 bits per heavy atom. The maximum Gasteiger partial charge on any atom is 0.514 e. The molecule has 1 aromatic rings. The summed E-state index contributed by atoms with van der Waals surface area (Å²) in [4.78, 5) is 25.2. The van der Waals surface area contributed by atoms with Gasteiger partial charge in [0.05, 0.1) is 19.4 Å². The quantitative estimate of drug-likeness (QED) is 0.108. The summed E-state index contributed by atoms with van der Waals surface area (Å²) in [5, 5.41) is 3.28. The zero-order valence-corrected chi connectivity index (χ0v) is 24.3. The lowest BCUT2D eigenvalue weighted by molar-refractivity contribution is 0.0202. The average Bonchev–Trinajstić information content (AvgIpc) is 3.18. The molecule has 1 N–H and O–H groups in total. The largest absolute Gasteiger partial charge is 0.514 e. The summed E-state index contributed by atoms with van der Waals surface area (Å²) in [6.07, 6.45) is 2.59. The molecule has 37 heavy (non-hydrogen) atoms. The predicted octanol–water partition coefficient (Wildman–Crippen LogP) is 5.89. The van der Waals surface area contributed by atoms with Crippen LogP contribution in [0.25, 0.3) is 0 Å². The standard InChI is InChI=1S/C27H42NO8P/c1-9-20-19(5)22-17-32-25(29)23(22)24(35-26(30)36-27(6,7)8)21(20)13-12-18(4)16-28-14-15-37(31,33-10-2)34-11-3/h12,28H,9-11,13-17H2,1-8H3/b18-12+. The molecule has 0 fully saturated rings. The van der Waals surface area contributed by atoms with E-state index in [4.69, 9.17) is 23.3 Å². The van der Waals surface area contributed by atoms with Crippen LogP contribution in [0, 0.1) is 6.92 Å². The first kappa shape index (κ1) is 31.0. The number of cyclic esters (lactones) is 1.